The monoisotopic (exact) mass is 138 g/mol. The van der Waals surface area contributed by atoms with E-state index >= 15 is 0 Å². The van der Waals surface area contributed by atoms with Crippen molar-refractivity contribution in [3.8, 4) is 0 Å². The normalized spacial score (nSPS) is 9.70. The second kappa shape index (κ2) is 3.15. The summed E-state index contributed by atoms with van der Waals surface area (Å²) in [6, 6.07) is 0. The Morgan fingerprint density at radius 3 is 3.10 bits per heavy atom. The van der Waals surface area contributed by atoms with E-state index in [1.54, 1.807) is 6.20 Å². The lowest BCUT2D eigenvalue weighted by Crippen LogP contribution is -2.31. The highest BCUT2D eigenvalue weighted by molar-refractivity contribution is 4.86. The molecule has 0 bridgehead atoms. The Bertz CT molecular complexity index is 213. The van der Waals surface area contributed by atoms with Crippen LogP contribution < -0.4 is 4.73 Å². The van der Waals surface area contributed by atoms with Crippen molar-refractivity contribution in [3.63, 3.8) is 0 Å². The molecule has 0 fully saturated rings. The smallest absolute Gasteiger partial charge is 0.211 e. The van der Waals surface area contributed by atoms with Gasteiger partial charge in [-0.25, -0.2) is 0 Å². The van der Waals surface area contributed by atoms with Crippen molar-refractivity contribution in [2.45, 2.75) is 19.8 Å². The van der Waals surface area contributed by atoms with Crippen LogP contribution in [0.3, 0.4) is 0 Å². The van der Waals surface area contributed by atoms with Crippen LogP contribution in [0.15, 0.2) is 18.6 Å². The van der Waals surface area contributed by atoms with Crippen LogP contribution in [0.25, 0.3) is 0 Å². The molecular weight excluding hydrogens is 128 g/mol. The first-order chi connectivity index (χ1) is 4.84. The highest BCUT2D eigenvalue weighted by atomic mass is 16.5. The maximum atomic E-state index is 10.9. The Morgan fingerprint density at radius 2 is 2.50 bits per heavy atom. The van der Waals surface area contributed by atoms with Crippen LogP contribution in [0.5, 0.6) is 0 Å². The summed E-state index contributed by atoms with van der Waals surface area (Å²) in [5, 5.41) is 10.9. The Hall–Kier alpha value is -1.12. The van der Waals surface area contributed by atoms with Gasteiger partial charge >= 0.3 is 0 Å². The van der Waals surface area contributed by atoms with Gasteiger partial charge in [0.25, 0.3) is 0 Å². The zero-order chi connectivity index (χ0) is 7.40. The van der Waals surface area contributed by atoms with Crippen molar-refractivity contribution in [1.29, 1.82) is 0 Å². The van der Waals surface area contributed by atoms with E-state index in [2.05, 4.69) is 4.98 Å². The van der Waals surface area contributed by atoms with E-state index in [9.17, 15) is 5.21 Å². The van der Waals surface area contributed by atoms with Crippen LogP contribution in [0.2, 0.25) is 0 Å². The average Bonchev–Trinajstić information content (AvgIpc) is 1.94. The molecule has 0 saturated heterocycles. The topological polar surface area (TPSA) is 39.8 Å². The van der Waals surface area contributed by atoms with Crippen molar-refractivity contribution in [2.75, 3.05) is 0 Å². The van der Waals surface area contributed by atoms with Gasteiger partial charge in [0.15, 0.2) is 6.20 Å². The maximum Gasteiger partial charge on any atom is 0.211 e. The first kappa shape index (κ1) is 6.99. The van der Waals surface area contributed by atoms with E-state index in [1.807, 2.05) is 6.92 Å². The number of rotatable bonds is 2. The van der Waals surface area contributed by atoms with Crippen molar-refractivity contribution in [3.05, 3.63) is 29.5 Å². The SMILES string of the molecule is CCCc1cncc[n+]1[O-]. The first-order valence-corrected chi connectivity index (χ1v) is 3.36. The van der Waals surface area contributed by atoms with Crippen LogP contribution in [0.4, 0.5) is 0 Å². The molecule has 0 atom stereocenters. The fourth-order valence-corrected chi connectivity index (χ4v) is 0.812. The van der Waals surface area contributed by atoms with Gasteiger partial charge in [0, 0.05) is 6.42 Å². The molecule has 1 aromatic rings. The Morgan fingerprint density at radius 1 is 1.70 bits per heavy atom. The summed E-state index contributed by atoms with van der Waals surface area (Å²) >= 11 is 0. The zero-order valence-corrected chi connectivity index (χ0v) is 5.95. The van der Waals surface area contributed by atoms with Gasteiger partial charge in [-0.2, -0.15) is 4.73 Å². The van der Waals surface area contributed by atoms with Crippen LogP contribution in [-0.2, 0) is 6.42 Å². The molecule has 1 aromatic heterocycles. The Kier molecular flexibility index (Phi) is 2.20. The van der Waals surface area contributed by atoms with E-state index in [-0.39, 0.29) is 0 Å². The predicted molar refractivity (Wildman–Crippen MR) is 37.2 cm³/mol. The number of aromatic nitrogens is 2. The number of nitrogens with zero attached hydrogens (tertiary/aromatic N) is 2. The van der Waals surface area contributed by atoms with Gasteiger partial charge in [0.2, 0.25) is 5.69 Å². The fourth-order valence-electron chi connectivity index (χ4n) is 0.812. The molecule has 10 heavy (non-hydrogen) atoms. The van der Waals surface area contributed by atoms with E-state index in [1.165, 1.54) is 12.4 Å². The molecule has 0 aliphatic rings. The molecule has 54 valence electrons. The van der Waals surface area contributed by atoms with Gasteiger partial charge in [-0.3, -0.25) is 4.98 Å². The largest absolute Gasteiger partial charge is 0.618 e. The predicted octanol–water partition coefficient (Wildman–Crippen LogP) is 0.667. The van der Waals surface area contributed by atoms with E-state index in [0.29, 0.717) is 0 Å². The lowest BCUT2D eigenvalue weighted by Gasteiger charge is -1.99. The molecule has 0 N–H and O–H groups in total. The maximum absolute atomic E-state index is 10.9. The molecule has 0 radical (unpaired) electrons. The van der Waals surface area contributed by atoms with Crippen LogP contribution in [0, 0.1) is 5.21 Å². The molecule has 1 rings (SSSR count). The van der Waals surface area contributed by atoms with Crippen LogP contribution in [0.1, 0.15) is 19.0 Å². The van der Waals surface area contributed by atoms with Gasteiger partial charge in [0.05, 0.1) is 12.4 Å². The highest BCUT2D eigenvalue weighted by Gasteiger charge is 2.00. The Balaban J connectivity index is 2.81. The minimum Gasteiger partial charge on any atom is -0.618 e. The van der Waals surface area contributed by atoms with Gasteiger partial charge in [0.1, 0.15) is 0 Å². The lowest BCUT2D eigenvalue weighted by molar-refractivity contribution is -0.614. The van der Waals surface area contributed by atoms with Crippen molar-refractivity contribution in [2.24, 2.45) is 0 Å². The zero-order valence-electron chi connectivity index (χ0n) is 5.95. The molecule has 0 amide bonds. The van der Waals surface area contributed by atoms with Gasteiger partial charge in [-0.15, -0.1) is 0 Å². The molecule has 3 heteroatoms. The molecule has 1 heterocycles. The third kappa shape index (κ3) is 1.43. The molecule has 0 unspecified atom stereocenters. The minimum absolute atomic E-state index is 0.741. The average molecular weight is 138 g/mol. The molecule has 0 aliphatic carbocycles. The molecule has 0 aliphatic heterocycles. The van der Waals surface area contributed by atoms with Gasteiger partial charge in [-0.1, -0.05) is 6.92 Å². The van der Waals surface area contributed by atoms with Crippen LogP contribution >= 0.6 is 0 Å². The molecule has 0 saturated carbocycles. The van der Waals surface area contributed by atoms with Gasteiger partial charge < -0.3 is 5.21 Å². The standard InChI is InChI=1S/C7H10N2O/c1-2-3-7-6-8-4-5-9(7)10/h4-6H,2-3H2,1H3. The molecular formula is C7H10N2O. The number of hydrogen-bond acceptors (Lipinski definition) is 2. The molecule has 3 nitrogen and oxygen atoms in total. The number of aryl methyl sites for hydroxylation is 1. The summed E-state index contributed by atoms with van der Waals surface area (Å²) in [5.74, 6) is 0. The van der Waals surface area contributed by atoms with E-state index in [0.717, 1.165) is 23.3 Å². The summed E-state index contributed by atoms with van der Waals surface area (Å²) in [6.45, 7) is 2.03. The quantitative estimate of drug-likeness (QED) is 0.445. The summed E-state index contributed by atoms with van der Waals surface area (Å²) < 4.78 is 0.858. The van der Waals surface area contributed by atoms with Crippen molar-refractivity contribution in [1.82, 2.24) is 4.98 Å². The summed E-state index contributed by atoms with van der Waals surface area (Å²) in [6.07, 6.45) is 6.30. The second-order valence-electron chi connectivity index (χ2n) is 2.14. The summed E-state index contributed by atoms with van der Waals surface area (Å²) in [5.41, 5.74) is 0.741. The summed E-state index contributed by atoms with van der Waals surface area (Å²) in [7, 11) is 0. The van der Waals surface area contributed by atoms with E-state index in [4.69, 9.17) is 0 Å². The van der Waals surface area contributed by atoms with E-state index < -0.39 is 0 Å². The molecule has 0 aromatic carbocycles. The fraction of sp³-hybridized carbons (Fsp3) is 0.429. The first-order valence-electron chi connectivity index (χ1n) is 3.36. The van der Waals surface area contributed by atoms with Crippen LogP contribution in [-0.4, -0.2) is 4.98 Å². The third-order valence-corrected chi connectivity index (χ3v) is 1.30. The van der Waals surface area contributed by atoms with Gasteiger partial charge in [-0.05, 0) is 6.42 Å². The minimum atomic E-state index is 0.741. The highest BCUT2D eigenvalue weighted by Crippen LogP contribution is 1.91. The summed E-state index contributed by atoms with van der Waals surface area (Å²) in [4.78, 5) is 3.84. The van der Waals surface area contributed by atoms with Crippen molar-refractivity contribution >= 4 is 0 Å². The molecule has 0 spiro atoms. The number of hydrogen-bond donors (Lipinski definition) is 0. The van der Waals surface area contributed by atoms with Crippen molar-refractivity contribution < 1.29 is 4.73 Å². The lowest BCUT2D eigenvalue weighted by atomic mass is 10.3. The third-order valence-electron chi connectivity index (χ3n) is 1.30. The second-order valence-corrected chi connectivity index (χ2v) is 2.14. The Labute approximate surface area is 59.9 Å².